The second-order valence-electron chi connectivity index (χ2n) is 5.55. The van der Waals surface area contributed by atoms with Gasteiger partial charge in [-0.15, -0.1) is 0 Å². The number of ether oxygens (including phenoxy) is 2. The van der Waals surface area contributed by atoms with Gasteiger partial charge in [-0.2, -0.15) is 5.26 Å². The molecule has 0 heterocycles. The quantitative estimate of drug-likeness (QED) is 0.442. The molecule has 0 amide bonds. The van der Waals surface area contributed by atoms with E-state index in [0.29, 0.717) is 27.1 Å². The Labute approximate surface area is 158 Å². The van der Waals surface area contributed by atoms with E-state index in [1.807, 2.05) is 13.8 Å². The minimum atomic E-state index is 0.0246. The minimum absolute atomic E-state index is 0.0246. The lowest BCUT2D eigenvalue weighted by molar-refractivity contribution is 0.208. The van der Waals surface area contributed by atoms with E-state index >= 15 is 0 Å². The molecular formula is C20H19Cl2NO2. The van der Waals surface area contributed by atoms with Crippen LogP contribution in [0, 0.1) is 11.3 Å². The predicted octanol–water partition coefficient (Wildman–Crippen LogP) is 6.24. The summed E-state index contributed by atoms with van der Waals surface area (Å²) in [5, 5.41) is 10.5. The van der Waals surface area contributed by atoms with Gasteiger partial charge in [0.05, 0.1) is 29.9 Å². The highest BCUT2D eigenvalue weighted by molar-refractivity contribution is 6.32. The van der Waals surface area contributed by atoms with Gasteiger partial charge in [-0.1, -0.05) is 42.3 Å². The van der Waals surface area contributed by atoms with Crippen LogP contribution in [0.5, 0.6) is 11.5 Å². The summed E-state index contributed by atoms with van der Waals surface area (Å²) in [4.78, 5) is 0. The van der Waals surface area contributed by atoms with Crippen molar-refractivity contribution in [3.8, 4) is 17.6 Å². The number of halogens is 2. The average Bonchev–Trinajstić information content (AvgIpc) is 2.62. The standard InChI is InChI=1S/C20H19Cl2NO2/c1-4-13(2)25-20-18(22)10-14(11-19(20)24-3)9-16(12-23)15-5-7-17(21)8-6-15/h5-11,13H,4H2,1-3H3/b16-9+. The van der Waals surface area contributed by atoms with Crippen LogP contribution >= 0.6 is 23.2 Å². The number of rotatable bonds is 6. The van der Waals surface area contributed by atoms with Crippen LogP contribution < -0.4 is 9.47 Å². The van der Waals surface area contributed by atoms with Crippen LogP contribution in [-0.4, -0.2) is 13.2 Å². The molecule has 0 radical (unpaired) electrons. The fourth-order valence-corrected chi connectivity index (χ4v) is 2.59. The van der Waals surface area contributed by atoms with Gasteiger partial charge in [0.2, 0.25) is 0 Å². The number of hydrogen-bond donors (Lipinski definition) is 0. The molecule has 1 atom stereocenters. The normalized spacial score (nSPS) is 12.4. The molecule has 0 spiro atoms. The molecule has 5 heteroatoms. The zero-order chi connectivity index (χ0) is 18.4. The highest BCUT2D eigenvalue weighted by Crippen LogP contribution is 2.38. The van der Waals surface area contributed by atoms with Gasteiger partial charge in [0, 0.05) is 5.02 Å². The summed E-state index contributed by atoms with van der Waals surface area (Å²) in [5.74, 6) is 1.05. The third kappa shape index (κ3) is 4.92. The number of nitrogens with zero attached hydrogens (tertiary/aromatic N) is 1. The largest absolute Gasteiger partial charge is 0.493 e. The van der Waals surface area contributed by atoms with Gasteiger partial charge in [-0.3, -0.25) is 0 Å². The van der Waals surface area contributed by atoms with Crippen molar-refractivity contribution in [3.05, 3.63) is 57.6 Å². The van der Waals surface area contributed by atoms with E-state index in [2.05, 4.69) is 6.07 Å². The molecule has 2 rings (SSSR count). The van der Waals surface area contributed by atoms with Crippen LogP contribution in [0.1, 0.15) is 31.4 Å². The summed E-state index contributed by atoms with van der Waals surface area (Å²) in [6, 6.07) is 12.9. The fraction of sp³-hybridized carbons (Fsp3) is 0.250. The van der Waals surface area contributed by atoms with E-state index < -0.39 is 0 Å². The second-order valence-corrected chi connectivity index (χ2v) is 6.39. The molecular weight excluding hydrogens is 357 g/mol. The third-order valence-corrected chi connectivity index (χ3v) is 4.27. The predicted molar refractivity (Wildman–Crippen MR) is 103 cm³/mol. The highest BCUT2D eigenvalue weighted by Gasteiger charge is 2.14. The first-order valence-electron chi connectivity index (χ1n) is 7.90. The molecule has 0 aliphatic rings. The molecule has 0 saturated heterocycles. The van der Waals surface area contributed by atoms with Crippen molar-refractivity contribution in [2.75, 3.05) is 7.11 Å². The summed E-state index contributed by atoms with van der Waals surface area (Å²) < 4.78 is 11.3. The van der Waals surface area contributed by atoms with E-state index in [4.69, 9.17) is 32.7 Å². The third-order valence-electron chi connectivity index (χ3n) is 3.73. The minimum Gasteiger partial charge on any atom is -0.493 e. The molecule has 0 N–H and O–H groups in total. The van der Waals surface area contributed by atoms with Crippen LogP contribution in [0.3, 0.4) is 0 Å². The van der Waals surface area contributed by atoms with Crippen LogP contribution in [-0.2, 0) is 0 Å². The van der Waals surface area contributed by atoms with E-state index in [1.165, 1.54) is 0 Å². The first-order chi connectivity index (χ1) is 12.0. The number of allylic oxidation sites excluding steroid dienone is 1. The number of nitriles is 1. The van der Waals surface area contributed by atoms with Crippen molar-refractivity contribution in [3.63, 3.8) is 0 Å². The first-order valence-corrected chi connectivity index (χ1v) is 8.66. The number of hydrogen-bond acceptors (Lipinski definition) is 3. The van der Waals surface area contributed by atoms with E-state index in [0.717, 1.165) is 17.5 Å². The summed E-state index contributed by atoms with van der Waals surface area (Å²) in [7, 11) is 1.56. The molecule has 130 valence electrons. The van der Waals surface area contributed by atoms with Crippen molar-refractivity contribution in [2.45, 2.75) is 26.4 Å². The van der Waals surface area contributed by atoms with Crippen LogP contribution in [0.25, 0.3) is 11.6 Å². The van der Waals surface area contributed by atoms with Gasteiger partial charge in [0.15, 0.2) is 11.5 Å². The lowest BCUT2D eigenvalue weighted by Gasteiger charge is -2.17. The smallest absolute Gasteiger partial charge is 0.180 e. The SMILES string of the molecule is CCC(C)Oc1c(Cl)cc(/C=C(\C#N)c2ccc(Cl)cc2)cc1OC. The topological polar surface area (TPSA) is 42.2 Å². The van der Waals surface area contributed by atoms with Crippen molar-refractivity contribution in [2.24, 2.45) is 0 Å². The van der Waals surface area contributed by atoms with Gasteiger partial charge in [0.25, 0.3) is 0 Å². The van der Waals surface area contributed by atoms with Gasteiger partial charge in [-0.05, 0) is 54.8 Å². The lowest BCUT2D eigenvalue weighted by Crippen LogP contribution is -2.11. The summed E-state index contributed by atoms with van der Waals surface area (Å²) in [5.41, 5.74) is 2.04. The Balaban J connectivity index is 2.43. The van der Waals surface area contributed by atoms with E-state index in [9.17, 15) is 5.26 Å². The molecule has 0 bridgehead atoms. The van der Waals surface area contributed by atoms with Crippen LogP contribution in [0.15, 0.2) is 36.4 Å². The van der Waals surface area contributed by atoms with Crippen LogP contribution in [0.2, 0.25) is 10.0 Å². The molecule has 2 aromatic rings. The molecule has 0 aliphatic heterocycles. The monoisotopic (exact) mass is 375 g/mol. The molecule has 3 nitrogen and oxygen atoms in total. The Hall–Kier alpha value is -2.15. The molecule has 25 heavy (non-hydrogen) atoms. The van der Waals surface area contributed by atoms with Gasteiger partial charge < -0.3 is 9.47 Å². The second kappa shape index (κ2) is 8.80. The highest BCUT2D eigenvalue weighted by atomic mass is 35.5. The summed E-state index contributed by atoms with van der Waals surface area (Å²) in [6.45, 7) is 4.01. The Morgan fingerprint density at radius 2 is 1.92 bits per heavy atom. The van der Waals surface area contributed by atoms with Crippen molar-refractivity contribution >= 4 is 34.9 Å². The Bertz CT molecular complexity index is 808. The zero-order valence-corrected chi connectivity index (χ0v) is 15.9. The van der Waals surface area contributed by atoms with Gasteiger partial charge >= 0.3 is 0 Å². The molecule has 2 aromatic carbocycles. The Morgan fingerprint density at radius 3 is 2.48 bits per heavy atom. The maximum Gasteiger partial charge on any atom is 0.180 e. The Morgan fingerprint density at radius 1 is 1.24 bits per heavy atom. The maximum absolute atomic E-state index is 9.47. The molecule has 0 fully saturated rings. The van der Waals surface area contributed by atoms with Crippen molar-refractivity contribution in [1.82, 2.24) is 0 Å². The lowest BCUT2D eigenvalue weighted by atomic mass is 10.0. The zero-order valence-electron chi connectivity index (χ0n) is 14.3. The fourth-order valence-electron chi connectivity index (χ4n) is 2.20. The summed E-state index contributed by atoms with van der Waals surface area (Å²) >= 11 is 12.3. The molecule has 0 aliphatic carbocycles. The van der Waals surface area contributed by atoms with E-state index in [1.54, 1.807) is 49.6 Å². The van der Waals surface area contributed by atoms with Gasteiger partial charge in [-0.25, -0.2) is 0 Å². The van der Waals surface area contributed by atoms with E-state index in [-0.39, 0.29) is 6.10 Å². The number of benzene rings is 2. The first kappa shape index (κ1) is 19.2. The Kier molecular flexibility index (Phi) is 6.75. The maximum atomic E-state index is 9.47. The van der Waals surface area contributed by atoms with Crippen molar-refractivity contribution < 1.29 is 9.47 Å². The van der Waals surface area contributed by atoms with Gasteiger partial charge in [0.1, 0.15) is 0 Å². The van der Waals surface area contributed by atoms with Crippen LogP contribution in [0.4, 0.5) is 0 Å². The molecule has 0 aromatic heterocycles. The average molecular weight is 376 g/mol. The van der Waals surface area contributed by atoms with Crippen molar-refractivity contribution in [1.29, 1.82) is 5.26 Å². The summed E-state index contributed by atoms with van der Waals surface area (Å²) in [6.07, 6.45) is 2.64. The molecule has 0 saturated carbocycles. The number of methoxy groups -OCH3 is 1. The molecule has 1 unspecified atom stereocenters.